The quantitative estimate of drug-likeness (QED) is 0.541. The van der Waals surface area contributed by atoms with Crippen molar-refractivity contribution in [3.05, 3.63) is 0 Å². The minimum absolute atomic E-state index is 0.0186. The zero-order valence-electron chi connectivity index (χ0n) is 6.24. The van der Waals surface area contributed by atoms with Gasteiger partial charge in [-0.2, -0.15) is 0 Å². The van der Waals surface area contributed by atoms with Crippen LogP contribution in [0, 0.1) is 0 Å². The van der Waals surface area contributed by atoms with Crippen LogP contribution < -0.4 is 0 Å². The van der Waals surface area contributed by atoms with E-state index < -0.39 is 15.4 Å². The first-order valence-electron chi connectivity index (χ1n) is 3.23. The van der Waals surface area contributed by atoms with Crippen molar-refractivity contribution in [1.82, 2.24) is 0 Å². The maximum atomic E-state index is 10.7. The standard InChI is InChI=1S/C6H10O4S/c1-10-6(2-3-7)4-11(8,9)5-6/h3H,2,4-5H2,1H3. The van der Waals surface area contributed by atoms with Gasteiger partial charge in [0.15, 0.2) is 9.84 Å². The molecule has 1 heterocycles. The molecule has 0 N–H and O–H groups in total. The molecule has 5 heteroatoms. The summed E-state index contributed by atoms with van der Waals surface area (Å²) in [5, 5.41) is 0. The third-order valence-electron chi connectivity index (χ3n) is 1.85. The van der Waals surface area contributed by atoms with E-state index in [1.54, 1.807) is 0 Å². The third-order valence-corrected chi connectivity index (χ3v) is 3.79. The minimum Gasteiger partial charge on any atom is -0.376 e. The van der Waals surface area contributed by atoms with Gasteiger partial charge in [0, 0.05) is 13.5 Å². The summed E-state index contributed by atoms with van der Waals surface area (Å²) in [5.41, 5.74) is -0.708. The highest BCUT2D eigenvalue weighted by Crippen LogP contribution is 2.29. The zero-order valence-corrected chi connectivity index (χ0v) is 7.06. The predicted molar refractivity (Wildman–Crippen MR) is 39.1 cm³/mol. The number of rotatable bonds is 3. The van der Waals surface area contributed by atoms with Gasteiger partial charge in [0.05, 0.1) is 11.5 Å². The van der Waals surface area contributed by atoms with Crippen molar-refractivity contribution in [1.29, 1.82) is 0 Å². The van der Waals surface area contributed by atoms with Crippen molar-refractivity contribution >= 4 is 16.1 Å². The second-order valence-electron chi connectivity index (χ2n) is 2.79. The van der Waals surface area contributed by atoms with Crippen LogP contribution in [-0.2, 0) is 19.4 Å². The third kappa shape index (κ3) is 1.59. The molecule has 0 aromatic carbocycles. The molecule has 0 atom stereocenters. The molecule has 0 unspecified atom stereocenters. The minimum atomic E-state index is -2.91. The number of ether oxygens (including phenoxy) is 1. The molecular formula is C6H10O4S. The number of hydrogen-bond acceptors (Lipinski definition) is 4. The van der Waals surface area contributed by atoms with Crippen LogP contribution in [-0.4, -0.2) is 38.9 Å². The largest absolute Gasteiger partial charge is 0.376 e. The second kappa shape index (κ2) is 2.57. The van der Waals surface area contributed by atoms with Crippen molar-refractivity contribution in [3.8, 4) is 0 Å². The van der Waals surface area contributed by atoms with E-state index in [4.69, 9.17) is 4.74 Å². The Balaban J connectivity index is 2.63. The molecule has 1 aliphatic heterocycles. The van der Waals surface area contributed by atoms with E-state index in [1.165, 1.54) is 7.11 Å². The Kier molecular flexibility index (Phi) is 2.02. The molecule has 0 spiro atoms. The Morgan fingerprint density at radius 1 is 1.55 bits per heavy atom. The van der Waals surface area contributed by atoms with Gasteiger partial charge >= 0.3 is 0 Å². The van der Waals surface area contributed by atoms with Crippen molar-refractivity contribution in [2.24, 2.45) is 0 Å². The topological polar surface area (TPSA) is 60.4 Å². The molecule has 1 fully saturated rings. The molecule has 1 rings (SSSR count). The lowest BCUT2D eigenvalue weighted by atomic mass is 10.1. The maximum absolute atomic E-state index is 10.7. The summed E-state index contributed by atoms with van der Waals surface area (Å²) in [6.45, 7) is 0. The second-order valence-corrected chi connectivity index (χ2v) is 4.85. The summed E-state index contributed by atoms with van der Waals surface area (Å²) >= 11 is 0. The molecule has 0 aliphatic carbocycles. The maximum Gasteiger partial charge on any atom is 0.156 e. The Labute approximate surface area is 65.5 Å². The molecule has 0 amide bonds. The first kappa shape index (κ1) is 8.67. The van der Waals surface area contributed by atoms with Crippen molar-refractivity contribution < 1.29 is 17.9 Å². The number of carbonyl (C=O) groups is 1. The lowest BCUT2D eigenvalue weighted by Crippen LogP contribution is -2.56. The van der Waals surface area contributed by atoms with Crippen molar-refractivity contribution in [2.45, 2.75) is 12.0 Å². The van der Waals surface area contributed by atoms with Gasteiger partial charge in [0.2, 0.25) is 0 Å². The van der Waals surface area contributed by atoms with Gasteiger partial charge in [0.25, 0.3) is 0 Å². The summed E-state index contributed by atoms with van der Waals surface area (Å²) in [4.78, 5) is 10.1. The molecule has 0 aromatic rings. The van der Waals surface area contributed by atoms with Crippen molar-refractivity contribution in [2.75, 3.05) is 18.6 Å². The average Bonchev–Trinajstić information content (AvgIpc) is 1.84. The van der Waals surface area contributed by atoms with Crippen LogP contribution in [0.25, 0.3) is 0 Å². The summed E-state index contributed by atoms with van der Waals surface area (Å²) < 4.78 is 26.4. The lowest BCUT2D eigenvalue weighted by Gasteiger charge is -2.38. The monoisotopic (exact) mass is 178 g/mol. The van der Waals surface area contributed by atoms with E-state index in [-0.39, 0.29) is 17.9 Å². The van der Waals surface area contributed by atoms with E-state index in [1.807, 2.05) is 0 Å². The summed E-state index contributed by atoms with van der Waals surface area (Å²) in [6.07, 6.45) is 0.862. The Bertz CT molecular complexity index is 242. The van der Waals surface area contributed by atoms with Crippen LogP contribution in [0.1, 0.15) is 6.42 Å². The van der Waals surface area contributed by atoms with Gasteiger partial charge in [0.1, 0.15) is 11.9 Å². The molecule has 4 nitrogen and oxygen atoms in total. The van der Waals surface area contributed by atoms with Crippen LogP contribution in [0.4, 0.5) is 0 Å². The highest BCUT2D eigenvalue weighted by molar-refractivity contribution is 7.93. The van der Waals surface area contributed by atoms with Crippen molar-refractivity contribution in [3.63, 3.8) is 0 Å². The number of sulfone groups is 1. The molecule has 0 radical (unpaired) electrons. The highest BCUT2D eigenvalue weighted by Gasteiger charge is 2.48. The molecular weight excluding hydrogens is 168 g/mol. The summed E-state index contributed by atoms with van der Waals surface area (Å²) in [7, 11) is -1.48. The van der Waals surface area contributed by atoms with Crippen LogP contribution >= 0.6 is 0 Å². The van der Waals surface area contributed by atoms with Crippen LogP contribution in [0.2, 0.25) is 0 Å². The molecule has 0 aromatic heterocycles. The van der Waals surface area contributed by atoms with Gasteiger partial charge in [-0.25, -0.2) is 8.42 Å². The van der Waals surface area contributed by atoms with E-state index in [9.17, 15) is 13.2 Å². The average molecular weight is 178 g/mol. The lowest BCUT2D eigenvalue weighted by molar-refractivity contribution is -0.112. The van der Waals surface area contributed by atoms with E-state index >= 15 is 0 Å². The molecule has 1 aliphatic rings. The molecule has 0 saturated carbocycles. The van der Waals surface area contributed by atoms with Crippen LogP contribution in [0.3, 0.4) is 0 Å². The molecule has 0 bridgehead atoms. The summed E-state index contributed by atoms with van der Waals surface area (Å²) in [6, 6.07) is 0. The SMILES string of the molecule is COC1(CC=O)CS(=O)(=O)C1. The molecule has 11 heavy (non-hydrogen) atoms. The normalized spacial score (nSPS) is 25.5. The van der Waals surface area contributed by atoms with Gasteiger partial charge in [-0.3, -0.25) is 0 Å². The predicted octanol–water partition coefficient (Wildman–Crippen LogP) is -0.611. The van der Waals surface area contributed by atoms with Gasteiger partial charge < -0.3 is 9.53 Å². The van der Waals surface area contributed by atoms with Crippen LogP contribution in [0.15, 0.2) is 0 Å². The fourth-order valence-corrected chi connectivity index (χ4v) is 3.22. The van der Waals surface area contributed by atoms with E-state index in [2.05, 4.69) is 0 Å². The summed E-state index contributed by atoms with van der Waals surface area (Å²) in [5.74, 6) is -0.0372. The van der Waals surface area contributed by atoms with Gasteiger partial charge in [-0.1, -0.05) is 0 Å². The van der Waals surface area contributed by atoms with E-state index in [0.29, 0.717) is 6.29 Å². The highest BCUT2D eigenvalue weighted by atomic mass is 32.2. The first-order chi connectivity index (χ1) is 5.04. The van der Waals surface area contributed by atoms with Crippen LogP contribution in [0.5, 0.6) is 0 Å². The Morgan fingerprint density at radius 3 is 2.36 bits per heavy atom. The number of carbonyl (C=O) groups excluding carboxylic acids is 1. The first-order valence-corrected chi connectivity index (χ1v) is 5.05. The Morgan fingerprint density at radius 2 is 2.09 bits per heavy atom. The smallest absolute Gasteiger partial charge is 0.156 e. The fourth-order valence-electron chi connectivity index (χ4n) is 1.23. The zero-order chi connectivity index (χ0) is 8.54. The number of hydrogen-bond donors (Lipinski definition) is 0. The number of methoxy groups -OCH3 is 1. The Hall–Kier alpha value is -0.420. The number of aldehydes is 1. The van der Waals surface area contributed by atoms with Gasteiger partial charge in [-0.05, 0) is 0 Å². The van der Waals surface area contributed by atoms with E-state index in [0.717, 1.165) is 0 Å². The van der Waals surface area contributed by atoms with Gasteiger partial charge in [-0.15, -0.1) is 0 Å². The molecule has 64 valence electrons. The molecule has 1 saturated heterocycles. The fraction of sp³-hybridized carbons (Fsp3) is 0.833.